The quantitative estimate of drug-likeness (QED) is 0.733. The van der Waals surface area contributed by atoms with Crippen LogP contribution in [0.1, 0.15) is 55.2 Å². The van der Waals surface area contributed by atoms with Crippen LogP contribution in [0.4, 0.5) is 0 Å². The Morgan fingerprint density at radius 2 is 1.94 bits per heavy atom. The first-order valence-corrected chi connectivity index (χ1v) is 7.61. The molecule has 0 saturated heterocycles. The minimum Gasteiger partial charge on any atom is -0.379 e. The van der Waals surface area contributed by atoms with E-state index >= 15 is 0 Å². The maximum Gasteiger partial charge on any atom is 0.0900 e. The molecule has 0 amide bonds. The van der Waals surface area contributed by atoms with Gasteiger partial charge in [0.05, 0.1) is 16.8 Å². The Kier molecular flexibility index (Phi) is 6.82. The van der Waals surface area contributed by atoms with Gasteiger partial charge in [0, 0.05) is 17.5 Å². The zero-order chi connectivity index (χ0) is 13.5. The minimum absolute atomic E-state index is 0.347. The molecule has 1 rings (SSSR count). The highest BCUT2D eigenvalue weighted by Gasteiger charge is 2.11. The Morgan fingerprint density at radius 1 is 1.22 bits per heavy atom. The Bertz CT molecular complexity index is 350. The highest BCUT2D eigenvalue weighted by atomic mass is 32.1. The van der Waals surface area contributed by atoms with Gasteiger partial charge in [-0.3, -0.25) is 0 Å². The highest BCUT2D eigenvalue weighted by molar-refractivity contribution is 7.11. The van der Waals surface area contributed by atoms with E-state index in [0.29, 0.717) is 12.1 Å². The van der Waals surface area contributed by atoms with E-state index in [9.17, 15) is 0 Å². The first kappa shape index (κ1) is 15.6. The average molecular weight is 270 g/mol. The molecule has 0 aromatic carbocycles. The summed E-state index contributed by atoms with van der Waals surface area (Å²) in [6, 6.07) is 0.405. The molecule has 0 saturated carbocycles. The van der Waals surface area contributed by atoms with E-state index in [1.54, 1.807) is 11.3 Å². The second-order valence-corrected chi connectivity index (χ2v) is 6.22. The van der Waals surface area contributed by atoms with Crippen molar-refractivity contribution in [2.45, 2.75) is 59.6 Å². The number of nitrogens with zero attached hydrogens (tertiary/aromatic N) is 1. The second-order valence-electron chi connectivity index (χ2n) is 4.99. The summed E-state index contributed by atoms with van der Waals surface area (Å²) >= 11 is 1.80. The van der Waals surface area contributed by atoms with Crippen LogP contribution in [-0.4, -0.2) is 24.2 Å². The minimum atomic E-state index is 0.347. The van der Waals surface area contributed by atoms with E-state index in [-0.39, 0.29) is 0 Å². The molecule has 18 heavy (non-hydrogen) atoms. The van der Waals surface area contributed by atoms with Gasteiger partial charge in [-0.15, -0.1) is 11.3 Å². The first-order chi connectivity index (χ1) is 8.50. The molecule has 1 aromatic rings. The lowest BCUT2D eigenvalue weighted by molar-refractivity contribution is 0.0759. The van der Waals surface area contributed by atoms with Gasteiger partial charge in [0.1, 0.15) is 0 Å². The summed E-state index contributed by atoms with van der Waals surface area (Å²) in [5.41, 5.74) is 1.17. The van der Waals surface area contributed by atoms with Crippen LogP contribution in [0.15, 0.2) is 0 Å². The van der Waals surface area contributed by atoms with Crippen LogP contribution in [0.5, 0.6) is 0 Å². The highest BCUT2D eigenvalue weighted by Crippen LogP contribution is 2.24. The second kappa shape index (κ2) is 7.87. The molecule has 0 radical (unpaired) electrons. The Labute approximate surface area is 115 Å². The van der Waals surface area contributed by atoms with Gasteiger partial charge in [-0.25, -0.2) is 4.98 Å². The Hall–Kier alpha value is -0.450. The van der Waals surface area contributed by atoms with Crippen LogP contribution in [0.2, 0.25) is 0 Å². The summed E-state index contributed by atoms with van der Waals surface area (Å²) < 4.78 is 5.52. The van der Waals surface area contributed by atoms with Crippen molar-refractivity contribution in [1.29, 1.82) is 0 Å². The van der Waals surface area contributed by atoms with Crippen molar-refractivity contribution in [3.63, 3.8) is 0 Å². The van der Waals surface area contributed by atoms with E-state index in [1.165, 1.54) is 10.6 Å². The molecule has 0 aliphatic heterocycles. The van der Waals surface area contributed by atoms with E-state index in [0.717, 1.165) is 31.0 Å². The van der Waals surface area contributed by atoms with Crippen LogP contribution in [-0.2, 0) is 4.74 Å². The maximum absolute atomic E-state index is 5.52. The molecule has 0 bridgehead atoms. The number of thiazole rings is 1. The molecule has 4 heteroatoms. The van der Waals surface area contributed by atoms with Gasteiger partial charge in [0.15, 0.2) is 0 Å². The van der Waals surface area contributed by atoms with Crippen LogP contribution >= 0.6 is 11.3 Å². The molecule has 1 heterocycles. The third-order valence-electron chi connectivity index (χ3n) is 2.81. The number of aryl methyl sites for hydroxylation is 2. The Morgan fingerprint density at radius 3 is 2.50 bits per heavy atom. The molecule has 0 aliphatic carbocycles. The number of hydrogen-bond donors (Lipinski definition) is 1. The standard InChI is InChI=1S/C14H26N2OS/c1-10(2)17-9-7-6-8-15-11(3)14-12(4)16-13(5)18-14/h10-11,15H,6-9H2,1-5H3. The fourth-order valence-corrected chi connectivity index (χ4v) is 2.86. The van der Waals surface area contributed by atoms with Crippen molar-refractivity contribution in [1.82, 2.24) is 10.3 Å². The number of ether oxygens (including phenoxy) is 1. The number of rotatable bonds is 8. The molecule has 0 fully saturated rings. The molecular formula is C14H26N2OS. The van der Waals surface area contributed by atoms with Crippen molar-refractivity contribution >= 4 is 11.3 Å². The van der Waals surface area contributed by atoms with Crippen LogP contribution in [0.3, 0.4) is 0 Å². The molecule has 3 nitrogen and oxygen atoms in total. The lowest BCUT2D eigenvalue weighted by Crippen LogP contribution is -2.20. The zero-order valence-corrected chi connectivity index (χ0v) is 13.1. The fourth-order valence-electron chi connectivity index (χ4n) is 1.91. The molecule has 0 spiro atoms. The monoisotopic (exact) mass is 270 g/mol. The maximum atomic E-state index is 5.52. The summed E-state index contributed by atoms with van der Waals surface area (Å²) in [5.74, 6) is 0. The summed E-state index contributed by atoms with van der Waals surface area (Å²) in [6.07, 6.45) is 2.63. The van der Waals surface area contributed by atoms with E-state index in [1.807, 2.05) is 0 Å². The summed E-state index contributed by atoms with van der Waals surface area (Å²) in [7, 11) is 0. The van der Waals surface area contributed by atoms with E-state index < -0.39 is 0 Å². The number of hydrogen-bond acceptors (Lipinski definition) is 4. The van der Waals surface area contributed by atoms with Gasteiger partial charge in [0.2, 0.25) is 0 Å². The molecular weight excluding hydrogens is 244 g/mol. The van der Waals surface area contributed by atoms with Crippen LogP contribution in [0, 0.1) is 13.8 Å². The summed E-state index contributed by atoms with van der Waals surface area (Å²) in [5, 5.41) is 4.71. The van der Waals surface area contributed by atoms with E-state index in [2.05, 4.69) is 44.9 Å². The predicted octanol–water partition coefficient (Wildman–Crippen LogP) is 3.62. The lowest BCUT2D eigenvalue weighted by Gasteiger charge is -2.13. The molecule has 104 valence electrons. The van der Waals surface area contributed by atoms with Gasteiger partial charge in [-0.05, 0) is 54.0 Å². The fraction of sp³-hybridized carbons (Fsp3) is 0.786. The van der Waals surface area contributed by atoms with Crippen molar-refractivity contribution in [3.8, 4) is 0 Å². The molecule has 1 N–H and O–H groups in total. The number of aromatic nitrogens is 1. The van der Waals surface area contributed by atoms with Crippen molar-refractivity contribution in [3.05, 3.63) is 15.6 Å². The normalized spacial score (nSPS) is 13.2. The average Bonchev–Trinajstić information content (AvgIpc) is 2.62. The van der Waals surface area contributed by atoms with Crippen LogP contribution in [0.25, 0.3) is 0 Å². The van der Waals surface area contributed by atoms with Gasteiger partial charge >= 0.3 is 0 Å². The predicted molar refractivity (Wildman–Crippen MR) is 78.3 cm³/mol. The number of nitrogens with one attached hydrogen (secondary N) is 1. The third kappa shape index (κ3) is 5.46. The topological polar surface area (TPSA) is 34.2 Å². The Balaban J connectivity index is 2.17. The van der Waals surface area contributed by atoms with Crippen molar-refractivity contribution < 1.29 is 4.74 Å². The van der Waals surface area contributed by atoms with Gasteiger partial charge < -0.3 is 10.1 Å². The largest absolute Gasteiger partial charge is 0.379 e. The first-order valence-electron chi connectivity index (χ1n) is 6.79. The lowest BCUT2D eigenvalue weighted by atomic mass is 10.2. The van der Waals surface area contributed by atoms with Crippen LogP contribution < -0.4 is 5.32 Å². The molecule has 0 aliphatic rings. The third-order valence-corrected chi connectivity index (χ3v) is 4.06. The van der Waals surface area contributed by atoms with Crippen molar-refractivity contribution in [2.24, 2.45) is 0 Å². The zero-order valence-electron chi connectivity index (χ0n) is 12.2. The number of unbranched alkanes of at least 4 members (excludes halogenated alkanes) is 1. The smallest absolute Gasteiger partial charge is 0.0900 e. The van der Waals surface area contributed by atoms with Gasteiger partial charge in [0.25, 0.3) is 0 Å². The molecule has 1 aromatic heterocycles. The molecule has 1 unspecified atom stereocenters. The molecule has 1 atom stereocenters. The van der Waals surface area contributed by atoms with Crippen molar-refractivity contribution in [2.75, 3.05) is 13.2 Å². The van der Waals surface area contributed by atoms with E-state index in [4.69, 9.17) is 4.74 Å². The van der Waals surface area contributed by atoms with Gasteiger partial charge in [-0.2, -0.15) is 0 Å². The SMILES string of the molecule is Cc1nc(C)c(C(C)NCCCCOC(C)C)s1. The van der Waals surface area contributed by atoms with Gasteiger partial charge in [-0.1, -0.05) is 0 Å². The summed E-state index contributed by atoms with van der Waals surface area (Å²) in [4.78, 5) is 5.83. The summed E-state index contributed by atoms with van der Waals surface area (Å²) in [6.45, 7) is 12.4.